The minimum Gasteiger partial charge on any atom is -0.451 e. The Labute approximate surface area is 144 Å². The third-order valence-electron chi connectivity index (χ3n) is 4.24. The normalized spacial score (nSPS) is 12.7. The molecule has 2 aromatic carbocycles. The van der Waals surface area contributed by atoms with Crippen LogP contribution >= 0.6 is 12.6 Å². The molecule has 0 aliphatic heterocycles. The van der Waals surface area contributed by atoms with Crippen molar-refractivity contribution in [3.63, 3.8) is 0 Å². The van der Waals surface area contributed by atoms with Crippen molar-refractivity contribution in [3.05, 3.63) is 65.2 Å². The lowest BCUT2D eigenvalue weighted by Gasteiger charge is -2.26. The molecular formula is C20H24O2S. The molecule has 0 N–H and O–H groups in total. The van der Waals surface area contributed by atoms with Crippen LogP contribution in [0, 0.1) is 0 Å². The second-order valence-electron chi connectivity index (χ2n) is 6.38. The first-order chi connectivity index (χ1) is 10.8. The lowest BCUT2D eigenvalue weighted by molar-refractivity contribution is -0.00314. The van der Waals surface area contributed by atoms with Crippen molar-refractivity contribution >= 4 is 18.6 Å². The number of hydrogen-bond donors (Lipinski definition) is 1. The minimum atomic E-state index is -0.687. The number of carbonyl (C=O) groups is 1. The van der Waals surface area contributed by atoms with Crippen LogP contribution in [0.1, 0.15) is 61.5 Å². The van der Waals surface area contributed by atoms with E-state index in [1.165, 1.54) is 5.56 Å². The van der Waals surface area contributed by atoms with E-state index in [-0.39, 0.29) is 5.97 Å². The van der Waals surface area contributed by atoms with Crippen molar-refractivity contribution in [1.82, 2.24) is 0 Å². The van der Waals surface area contributed by atoms with Crippen LogP contribution in [0.15, 0.2) is 53.4 Å². The Balaban J connectivity index is 2.12. The molecule has 0 amide bonds. The molecule has 2 rings (SSSR count). The zero-order valence-corrected chi connectivity index (χ0v) is 15.1. The van der Waals surface area contributed by atoms with Gasteiger partial charge in [0.2, 0.25) is 0 Å². The number of carbonyl (C=O) groups excluding carboxylic acids is 1. The quantitative estimate of drug-likeness (QED) is 0.573. The molecular weight excluding hydrogens is 304 g/mol. The summed E-state index contributed by atoms with van der Waals surface area (Å²) in [5.74, 6) is 0.192. The monoisotopic (exact) mass is 328 g/mol. The van der Waals surface area contributed by atoms with Gasteiger partial charge in [-0.05, 0) is 61.6 Å². The van der Waals surface area contributed by atoms with Gasteiger partial charge in [-0.3, -0.25) is 0 Å². The van der Waals surface area contributed by atoms with Gasteiger partial charge in [-0.2, -0.15) is 0 Å². The predicted octanol–water partition coefficient (Wildman–Crippen LogP) is 5.58. The van der Waals surface area contributed by atoms with Crippen LogP contribution in [0.3, 0.4) is 0 Å². The number of ether oxygens (including phenoxy) is 1. The van der Waals surface area contributed by atoms with Crippen molar-refractivity contribution in [2.75, 3.05) is 0 Å². The first kappa shape index (κ1) is 17.6. The Morgan fingerprint density at radius 1 is 1.09 bits per heavy atom. The van der Waals surface area contributed by atoms with Crippen molar-refractivity contribution in [1.29, 1.82) is 0 Å². The Morgan fingerprint density at radius 3 is 2.17 bits per heavy atom. The van der Waals surface area contributed by atoms with Crippen LogP contribution < -0.4 is 0 Å². The molecule has 2 nitrogen and oxygen atoms in total. The van der Waals surface area contributed by atoms with E-state index in [1.807, 2.05) is 62.4 Å². The molecule has 0 radical (unpaired) electrons. The molecule has 3 heteroatoms. The van der Waals surface area contributed by atoms with Crippen molar-refractivity contribution in [2.45, 2.75) is 50.5 Å². The molecule has 23 heavy (non-hydrogen) atoms. The Morgan fingerprint density at radius 2 is 1.65 bits per heavy atom. The standard InChI is InChI=1S/C20H24O2S/c1-5-14(2)15-6-8-16(9-7-15)19(21)22-20(3,4)17-10-12-18(23)13-11-17/h6-14,23H,5H2,1-4H3. The van der Waals surface area contributed by atoms with Crippen LogP contribution in [0.5, 0.6) is 0 Å². The molecule has 0 saturated heterocycles. The van der Waals surface area contributed by atoms with Crippen LogP contribution in [0.2, 0.25) is 0 Å². The molecule has 0 bridgehead atoms. The average Bonchev–Trinajstić information content (AvgIpc) is 2.54. The van der Waals surface area contributed by atoms with Gasteiger partial charge in [0.25, 0.3) is 0 Å². The van der Waals surface area contributed by atoms with E-state index in [1.54, 1.807) is 0 Å². The fourth-order valence-electron chi connectivity index (χ4n) is 2.40. The summed E-state index contributed by atoms with van der Waals surface area (Å²) in [4.78, 5) is 13.3. The molecule has 0 aromatic heterocycles. The Kier molecular flexibility index (Phi) is 5.53. The van der Waals surface area contributed by atoms with Gasteiger partial charge in [0.05, 0.1) is 5.56 Å². The van der Waals surface area contributed by atoms with E-state index in [0.717, 1.165) is 16.9 Å². The van der Waals surface area contributed by atoms with E-state index < -0.39 is 5.60 Å². The second-order valence-corrected chi connectivity index (χ2v) is 6.89. The predicted molar refractivity (Wildman–Crippen MR) is 97.3 cm³/mol. The summed E-state index contributed by atoms with van der Waals surface area (Å²) in [5.41, 5.74) is 2.08. The summed E-state index contributed by atoms with van der Waals surface area (Å²) in [5, 5.41) is 0. The van der Waals surface area contributed by atoms with Crippen LogP contribution in [0.25, 0.3) is 0 Å². The topological polar surface area (TPSA) is 26.3 Å². The number of esters is 1. The van der Waals surface area contributed by atoms with Crippen molar-refractivity contribution in [2.24, 2.45) is 0 Å². The Hall–Kier alpha value is -1.74. The number of hydrogen-bond acceptors (Lipinski definition) is 3. The molecule has 0 saturated carbocycles. The molecule has 122 valence electrons. The lowest BCUT2D eigenvalue weighted by atomic mass is 9.97. The van der Waals surface area contributed by atoms with Gasteiger partial charge < -0.3 is 4.74 Å². The largest absolute Gasteiger partial charge is 0.451 e. The number of thiol groups is 1. The second kappa shape index (κ2) is 7.22. The first-order valence-electron chi connectivity index (χ1n) is 7.96. The third kappa shape index (κ3) is 4.38. The highest BCUT2D eigenvalue weighted by atomic mass is 32.1. The zero-order valence-electron chi connectivity index (χ0n) is 14.2. The number of rotatable bonds is 5. The van der Waals surface area contributed by atoms with Gasteiger partial charge in [0, 0.05) is 4.90 Å². The summed E-state index contributed by atoms with van der Waals surface area (Å²) >= 11 is 4.28. The molecule has 0 aliphatic carbocycles. The smallest absolute Gasteiger partial charge is 0.338 e. The Bertz CT molecular complexity index is 657. The molecule has 2 aromatic rings. The maximum Gasteiger partial charge on any atom is 0.338 e. The van der Waals surface area contributed by atoms with Crippen LogP contribution in [-0.4, -0.2) is 5.97 Å². The molecule has 1 unspecified atom stereocenters. The summed E-state index contributed by atoms with van der Waals surface area (Å²) in [6, 6.07) is 15.4. The first-order valence-corrected chi connectivity index (χ1v) is 8.41. The zero-order chi connectivity index (χ0) is 17.0. The molecule has 0 aliphatic rings. The van der Waals surface area contributed by atoms with Crippen LogP contribution in [-0.2, 0) is 10.3 Å². The van der Waals surface area contributed by atoms with Crippen LogP contribution in [0.4, 0.5) is 0 Å². The highest BCUT2D eigenvalue weighted by Crippen LogP contribution is 2.27. The summed E-state index contributed by atoms with van der Waals surface area (Å²) in [7, 11) is 0. The van der Waals surface area contributed by atoms with Crippen molar-refractivity contribution < 1.29 is 9.53 Å². The van der Waals surface area contributed by atoms with Gasteiger partial charge in [0.15, 0.2) is 0 Å². The van der Waals surface area contributed by atoms with Gasteiger partial charge in [-0.1, -0.05) is 38.1 Å². The molecule has 0 heterocycles. The van der Waals surface area contributed by atoms with E-state index in [2.05, 4.69) is 26.5 Å². The highest BCUT2D eigenvalue weighted by Gasteiger charge is 2.26. The van der Waals surface area contributed by atoms with E-state index in [0.29, 0.717) is 11.5 Å². The molecule has 0 fully saturated rings. The van der Waals surface area contributed by atoms with E-state index >= 15 is 0 Å². The summed E-state index contributed by atoms with van der Waals surface area (Å²) < 4.78 is 5.71. The average molecular weight is 328 g/mol. The minimum absolute atomic E-state index is 0.305. The van der Waals surface area contributed by atoms with Gasteiger partial charge >= 0.3 is 5.97 Å². The fourth-order valence-corrected chi connectivity index (χ4v) is 2.54. The maximum atomic E-state index is 12.4. The number of benzene rings is 2. The highest BCUT2D eigenvalue weighted by molar-refractivity contribution is 7.80. The lowest BCUT2D eigenvalue weighted by Crippen LogP contribution is -2.25. The SMILES string of the molecule is CCC(C)c1ccc(C(=O)OC(C)(C)c2ccc(S)cc2)cc1. The fraction of sp³-hybridized carbons (Fsp3) is 0.350. The van der Waals surface area contributed by atoms with Crippen molar-refractivity contribution in [3.8, 4) is 0 Å². The summed E-state index contributed by atoms with van der Waals surface area (Å²) in [6.07, 6.45) is 1.08. The summed E-state index contributed by atoms with van der Waals surface area (Å²) in [6.45, 7) is 8.13. The van der Waals surface area contributed by atoms with E-state index in [9.17, 15) is 4.79 Å². The van der Waals surface area contributed by atoms with Gasteiger partial charge in [-0.25, -0.2) is 4.79 Å². The molecule has 0 spiro atoms. The van der Waals surface area contributed by atoms with Gasteiger partial charge in [-0.15, -0.1) is 12.6 Å². The molecule has 1 atom stereocenters. The maximum absolute atomic E-state index is 12.4. The van der Waals surface area contributed by atoms with E-state index in [4.69, 9.17) is 4.74 Å². The van der Waals surface area contributed by atoms with Gasteiger partial charge in [0.1, 0.15) is 5.60 Å². The third-order valence-corrected chi connectivity index (χ3v) is 4.54.